The number of nitrogens with one attached hydrogen (secondary N) is 2. The number of carbonyl (C=O) groups excluding carboxylic acids is 2. The molecule has 2 amide bonds. The second-order valence-electron chi connectivity index (χ2n) is 8.09. The fourth-order valence-corrected chi connectivity index (χ4v) is 3.99. The molecule has 3 aromatic heterocycles. The van der Waals surface area contributed by atoms with Crippen LogP contribution in [0.25, 0.3) is 22.4 Å². The lowest BCUT2D eigenvalue weighted by Gasteiger charge is -2.40. The zero-order chi connectivity index (χ0) is 25.9. The van der Waals surface area contributed by atoms with E-state index in [1.165, 1.54) is 17.3 Å². The number of aromatic nitrogens is 4. The number of piperazine rings is 1. The monoisotopic (exact) mass is 525 g/mol. The van der Waals surface area contributed by atoms with Crippen LogP contribution in [0.2, 0.25) is 5.02 Å². The molecule has 0 bridgehead atoms. The summed E-state index contributed by atoms with van der Waals surface area (Å²) in [5.74, 6) is -0.260. The molecule has 3 aromatic rings. The lowest BCUT2D eigenvalue weighted by atomic mass is 10.1. The number of hydrogen-bond acceptors (Lipinski definition) is 7. The van der Waals surface area contributed by atoms with Crippen LogP contribution in [0, 0.1) is 0 Å². The summed E-state index contributed by atoms with van der Waals surface area (Å²) in [4.78, 5) is 44.2. The summed E-state index contributed by atoms with van der Waals surface area (Å²) in [6.07, 6.45) is 0.0535. The van der Waals surface area contributed by atoms with Crippen LogP contribution < -0.4 is 10.2 Å². The molecule has 2 N–H and O–H groups in total. The fraction of sp³-hybridized carbons (Fsp3) is 0.409. The standard InChI is InChI=1S/C22H23ClF3N7O3/c1-2-7-36-21(35)32-5-6-33(16(11-32)20(34)30-12-22(24,25)26)17-3-4-27-19(31-17)15-10-29-18-14(15)8-13(23)9-28-18/h3-4,8-10,16H,2,5-7,11-12H2,1H3,(H,28,29)(H,30,34)/t16-/m1/s1. The predicted molar refractivity (Wildman–Crippen MR) is 126 cm³/mol. The summed E-state index contributed by atoms with van der Waals surface area (Å²) in [5, 5.41) is 3.02. The van der Waals surface area contributed by atoms with Crippen molar-refractivity contribution >= 4 is 40.5 Å². The quantitative estimate of drug-likeness (QED) is 0.506. The molecule has 14 heteroatoms. The van der Waals surface area contributed by atoms with Gasteiger partial charge in [-0.3, -0.25) is 4.79 Å². The van der Waals surface area contributed by atoms with Gasteiger partial charge in [0.2, 0.25) is 5.91 Å². The zero-order valence-corrected chi connectivity index (χ0v) is 19.9. The van der Waals surface area contributed by atoms with Crippen molar-refractivity contribution in [3.05, 3.63) is 35.7 Å². The Hall–Kier alpha value is -3.61. The van der Waals surface area contributed by atoms with Crippen LogP contribution in [0.1, 0.15) is 13.3 Å². The molecule has 0 spiro atoms. The van der Waals surface area contributed by atoms with E-state index in [0.717, 1.165) is 0 Å². The minimum absolute atomic E-state index is 0.142. The molecular formula is C22H23ClF3N7O3. The van der Waals surface area contributed by atoms with Crippen molar-refractivity contribution in [2.24, 2.45) is 0 Å². The molecule has 192 valence electrons. The largest absolute Gasteiger partial charge is 0.449 e. The first kappa shape index (κ1) is 25.5. The molecule has 0 radical (unpaired) electrons. The summed E-state index contributed by atoms with van der Waals surface area (Å²) in [6.45, 7) is 0.707. The van der Waals surface area contributed by atoms with Crippen LogP contribution in [0.5, 0.6) is 0 Å². The Bertz CT molecular complexity index is 1250. The zero-order valence-electron chi connectivity index (χ0n) is 19.2. The number of H-pyrrole nitrogens is 1. The summed E-state index contributed by atoms with van der Waals surface area (Å²) >= 11 is 6.08. The van der Waals surface area contributed by atoms with Gasteiger partial charge in [-0.2, -0.15) is 13.2 Å². The Balaban J connectivity index is 1.63. The van der Waals surface area contributed by atoms with E-state index in [9.17, 15) is 22.8 Å². The van der Waals surface area contributed by atoms with Gasteiger partial charge in [0.05, 0.1) is 18.2 Å². The molecule has 1 saturated heterocycles. The number of anilines is 1. The van der Waals surface area contributed by atoms with Crippen molar-refractivity contribution in [3.63, 3.8) is 0 Å². The van der Waals surface area contributed by atoms with Crippen LogP contribution in [0.4, 0.5) is 23.8 Å². The number of aromatic amines is 1. The van der Waals surface area contributed by atoms with Crippen molar-refractivity contribution in [1.29, 1.82) is 0 Å². The number of carbonyl (C=O) groups is 2. The third-order valence-electron chi connectivity index (χ3n) is 5.51. The molecule has 10 nitrogen and oxygen atoms in total. The smallest absolute Gasteiger partial charge is 0.409 e. The van der Waals surface area contributed by atoms with Crippen LogP contribution in [0.15, 0.2) is 30.7 Å². The van der Waals surface area contributed by atoms with E-state index in [0.29, 0.717) is 39.7 Å². The Morgan fingerprint density at radius 2 is 2.11 bits per heavy atom. The van der Waals surface area contributed by atoms with E-state index in [2.05, 4.69) is 19.9 Å². The van der Waals surface area contributed by atoms with Gasteiger partial charge in [0.1, 0.15) is 24.1 Å². The highest BCUT2D eigenvalue weighted by molar-refractivity contribution is 6.31. The molecule has 1 fully saturated rings. The van der Waals surface area contributed by atoms with Gasteiger partial charge in [0, 0.05) is 42.6 Å². The van der Waals surface area contributed by atoms with Crippen molar-refractivity contribution in [3.8, 4) is 11.4 Å². The topological polar surface area (TPSA) is 116 Å². The van der Waals surface area contributed by atoms with Crippen LogP contribution in [-0.4, -0.2) is 81.8 Å². The lowest BCUT2D eigenvalue weighted by Crippen LogP contribution is -2.61. The molecule has 1 aliphatic heterocycles. The van der Waals surface area contributed by atoms with Crippen LogP contribution in [-0.2, 0) is 9.53 Å². The average Bonchev–Trinajstić information content (AvgIpc) is 3.28. The molecule has 0 unspecified atom stereocenters. The maximum atomic E-state index is 12.8. The Labute approximate surface area is 208 Å². The summed E-state index contributed by atoms with van der Waals surface area (Å²) < 4.78 is 43.4. The van der Waals surface area contributed by atoms with Crippen molar-refractivity contribution in [2.45, 2.75) is 25.6 Å². The Morgan fingerprint density at radius 3 is 2.86 bits per heavy atom. The molecule has 0 saturated carbocycles. The molecule has 1 atom stereocenters. The summed E-state index contributed by atoms with van der Waals surface area (Å²) in [7, 11) is 0. The minimum Gasteiger partial charge on any atom is -0.449 e. The predicted octanol–water partition coefficient (Wildman–Crippen LogP) is 3.39. The first-order valence-electron chi connectivity index (χ1n) is 11.1. The van der Waals surface area contributed by atoms with Gasteiger partial charge < -0.3 is 24.8 Å². The van der Waals surface area contributed by atoms with Gasteiger partial charge in [0.15, 0.2) is 5.82 Å². The number of halogens is 4. The van der Waals surface area contributed by atoms with Gasteiger partial charge in [-0.15, -0.1) is 0 Å². The number of amides is 2. The van der Waals surface area contributed by atoms with E-state index < -0.39 is 30.8 Å². The highest BCUT2D eigenvalue weighted by Crippen LogP contribution is 2.29. The van der Waals surface area contributed by atoms with Crippen molar-refractivity contribution in [2.75, 3.05) is 37.7 Å². The van der Waals surface area contributed by atoms with Crippen LogP contribution in [0.3, 0.4) is 0 Å². The van der Waals surface area contributed by atoms with E-state index >= 15 is 0 Å². The number of alkyl halides is 3. The van der Waals surface area contributed by atoms with Crippen molar-refractivity contribution < 1.29 is 27.5 Å². The minimum atomic E-state index is -4.58. The third-order valence-corrected chi connectivity index (χ3v) is 5.71. The van der Waals surface area contributed by atoms with Gasteiger partial charge in [-0.25, -0.2) is 19.7 Å². The highest BCUT2D eigenvalue weighted by Gasteiger charge is 2.37. The number of hydrogen-bond donors (Lipinski definition) is 2. The number of fused-ring (bicyclic) bond motifs is 1. The number of ether oxygens (including phenoxy) is 1. The highest BCUT2D eigenvalue weighted by atomic mass is 35.5. The first-order valence-corrected chi connectivity index (χ1v) is 11.5. The van der Waals surface area contributed by atoms with Gasteiger partial charge in [0.25, 0.3) is 0 Å². The Morgan fingerprint density at radius 1 is 1.31 bits per heavy atom. The van der Waals surface area contributed by atoms with Crippen molar-refractivity contribution in [1.82, 2.24) is 30.2 Å². The molecule has 4 heterocycles. The Kier molecular flexibility index (Phi) is 7.48. The molecule has 4 rings (SSSR count). The number of pyridine rings is 1. The summed E-state index contributed by atoms with van der Waals surface area (Å²) in [5.41, 5.74) is 1.19. The normalized spacial score (nSPS) is 16.3. The SMILES string of the molecule is CCCOC(=O)N1CCN(c2ccnc(-c3c[nH]c4ncc(Cl)cc34)n2)[C@@H](C(=O)NCC(F)(F)F)C1. The second-order valence-corrected chi connectivity index (χ2v) is 8.53. The molecular weight excluding hydrogens is 503 g/mol. The number of rotatable bonds is 6. The van der Waals surface area contributed by atoms with E-state index in [1.54, 1.807) is 23.2 Å². The van der Waals surface area contributed by atoms with E-state index in [-0.39, 0.29) is 26.2 Å². The van der Waals surface area contributed by atoms with Crippen LogP contribution >= 0.6 is 11.6 Å². The lowest BCUT2D eigenvalue weighted by molar-refractivity contribution is -0.139. The van der Waals surface area contributed by atoms with Gasteiger partial charge in [-0.1, -0.05) is 18.5 Å². The second kappa shape index (κ2) is 10.6. The number of nitrogens with zero attached hydrogens (tertiary/aromatic N) is 5. The van der Waals surface area contributed by atoms with Gasteiger partial charge >= 0.3 is 12.3 Å². The fourth-order valence-electron chi connectivity index (χ4n) is 3.83. The van der Waals surface area contributed by atoms with Gasteiger partial charge in [-0.05, 0) is 18.6 Å². The molecule has 0 aromatic carbocycles. The molecule has 0 aliphatic carbocycles. The maximum Gasteiger partial charge on any atom is 0.409 e. The average molecular weight is 526 g/mol. The third kappa shape index (κ3) is 5.78. The molecule has 1 aliphatic rings. The first-order chi connectivity index (χ1) is 17.2. The van der Waals surface area contributed by atoms with E-state index in [4.69, 9.17) is 16.3 Å². The van der Waals surface area contributed by atoms with E-state index in [1.807, 2.05) is 12.2 Å². The molecule has 36 heavy (non-hydrogen) atoms. The maximum absolute atomic E-state index is 12.8. The summed E-state index contributed by atoms with van der Waals surface area (Å²) in [6, 6.07) is 2.13.